The van der Waals surface area contributed by atoms with Gasteiger partial charge in [0.1, 0.15) is 5.69 Å². The second kappa shape index (κ2) is 7.35. The summed E-state index contributed by atoms with van der Waals surface area (Å²) in [6.07, 6.45) is 1.21. The van der Waals surface area contributed by atoms with E-state index in [0.29, 0.717) is 0 Å². The van der Waals surface area contributed by atoms with Gasteiger partial charge in [0.25, 0.3) is 0 Å². The summed E-state index contributed by atoms with van der Waals surface area (Å²) < 4.78 is 10.7. The first-order valence-electron chi connectivity index (χ1n) is 6.97. The Labute approximate surface area is 132 Å². The molecule has 0 aliphatic rings. The van der Waals surface area contributed by atoms with Crippen LogP contribution in [0.15, 0.2) is 36.5 Å². The number of rotatable bonds is 6. The van der Waals surface area contributed by atoms with Crippen LogP contribution in [0.2, 0.25) is 0 Å². The molecule has 0 radical (unpaired) electrons. The molecule has 120 valence electrons. The highest BCUT2D eigenvalue weighted by atomic mass is 16.5. The van der Waals surface area contributed by atoms with E-state index in [1.54, 1.807) is 6.92 Å². The van der Waals surface area contributed by atoms with Gasteiger partial charge in [-0.25, -0.2) is 14.6 Å². The Morgan fingerprint density at radius 2 is 1.87 bits per heavy atom. The molecule has 0 unspecified atom stereocenters. The minimum absolute atomic E-state index is 0.0772. The highest BCUT2D eigenvalue weighted by Crippen LogP contribution is 2.12. The molecule has 0 fully saturated rings. The number of Topliss-reactive ketones (excluding diaryl/α,β-unsaturated/α-hetero) is 1. The molecule has 7 heteroatoms. The van der Waals surface area contributed by atoms with Crippen molar-refractivity contribution in [2.45, 2.75) is 13.5 Å². The first-order valence-corrected chi connectivity index (χ1v) is 6.97. The number of imidazole rings is 1. The SMILES string of the molecule is CCOC(=O)C(=O)c1ncc(C(=O)OC)n1Cc1ccccc1. The standard InChI is InChI=1S/C16H16N2O5/c1-3-23-16(21)13(19)14-17-9-12(15(20)22-2)18(14)10-11-7-5-4-6-8-11/h4-9H,3,10H2,1-2H3. The van der Waals surface area contributed by atoms with Gasteiger partial charge in [0.05, 0.1) is 26.5 Å². The normalized spacial score (nSPS) is 10.2. The molecule has 23 heavy (non-hydrogen) atoms. The van der Waals surface area contributed by atoms with Gasteiger partial charge in [-0.1, -0.05) is 30.3 Å². The first-order chi connectivity index (χ1) is 11.1. The van der Waals surface area contributed by atoms with Crippen LogP contribution in [0.4, 0.5) is 0 Å². The average molecular weight is 316 g/mol. The lowest BCUT2D eigenvalue weighted by Crippen LogP contribution is -2.24. The van der Waals surface area contributed by atoms with E-state index in [9.17, 15) is 14.4 Å². The molecule has 0 amide bonds. The average Bonchev–Trinajstić information content (AvgIpc) is 2.98. The van der Waals surface area contributed by atoms with Crippen molar-refractivity contribution in [2.75, 3.05) is 13.7 Å². The van der Waals surface area contributed by atoms with E-state index in [1.807, 2.05) is 30.3 Å². The number of ketones is 1. The summed E-state index contributed by atoms with van der Waals surface area (Å²) in [5.41, 5.74) is 0.928. The number of aromatic nitrogens is 2. The summed E-state index contributed by atoms with van der Waals surface area (Å²) in [6.45, 7) is 1.88. The lowest BCUT2D eigenvalue weighted by atomic mass is 10.2. The van der Waals surface area contributed by atoms with Crippen LogP contribution in [-0.4, -0.2) is 41.0 Å². The molecule has 1 aromatic carbocycles. The number of carbonyl (C=O) groups is 3. The number of nitrogens with zero attached hydrogens (tertiary/aromatic N) is 2. The highest BCUT2D eigenvalue weighted by molar-refractivity contribution is 6.39. The van der Waals surface area contributed by atoms with E-state index < -0.39 is 17.7 Å². The lowest BCUT2D eigenvalue weighted by Gasteiger charge is -2.10. The number of hydrogen-bond acceptors (Lipinski definition) is 6. The molecule has 0 spiro atoms. The van der Waals surface area contributed by atoms with Crippen LogP contribution in [0.3, 0.4) is 0 Å². The van der Waals surface area contributed by atoms with Gasteiger partial charge in [-0.15, -0.1) is 0 Å². The maximum Gasteiger partial charge on any atom is 0.383 e. The zero-order chi connectivity index (χ0) is 16.8. The number of benzene rings is 1. The van der Waals surface area contributed by atoms with Gasteiger partial charge in [0.2, 0.25) is 0 Å². The van der Waals surface area contributed by atoms with Crippen LogP contribution in [0, 0.1) is 0 Å². The molecule has 0 saturated carbocycles. The minimum Gasteiger partial charge on any atom is -0.464 e. The Morgan fingerprint density at radius 3 is 2.48 bits per heavy atom. The summed E-state index contributed by atoms with van der Waals surface area (Å²) in [5.74, 6) is -2.72. The maximum atomic E-state index is 12.2. The van der Waals surface area contributed by atoms with E-state index in [4.69, 9.17) is 4.74 Å². The highest BCUT2D eigenvalue weighted by Gasteiger charge is 2.27. The van der Waals surface area contributed by atoms with Crippen molar-refractivity contribution in [2.24, 2.45) is 0 Å². The molecule has 7 nitrogen and oxygen atoms in total. The fraction of sp³-hybridized carbons (Fsp3) is 0.250. The zero-order valence-electron chi connectivity index (χ0n) is 12.8. The van der Waals surface area contributed by atoms with Gasteiger partial charge in [-0.3, -0.25) is 4.79 Å². The van der Waals surface area contributed by atoms with Gasteiger partial charge in [-0.05, 0) is 12.5 Å². The zero-order valence-corrected chi connectivity index (χ0v) is 12.8. The van der Waals surface area contributed by atoms with Crippen molar-refractivity contribution in [3.8, 4) is 0 Å². The van der Waals surface area contributed by atoms with E-state index in [-0.39, 0.29) is 24.7 Å². The molecule has 0 atom stereocenters. The Kier molecular flexibility index (Phi) is 5.24. The summed E-state index contributed by atoms with van der Waals surface area (Å²) in [4.78, 5) is 39.6. The third-order valence-electron chi connectivity index (χ3n) is 3.10. The minimum atomic E-state index is -1.01. The van der Waals surface area contributed by atoms with E-state index in [0.717, 1.165) is 5.56 Å². The van der Waals surface area contributed by atoms with Gasteiger partial charge < -0.3 is 14.0 Å². The fourth-order valence-corrected chi connectivity index (χ4v) is 2.04. The third-order valence-corrected chi connectivity index (χ3v) is 3.10. The lowest BCUT2D eigenvalue weighted by molar-refractivity contribution is -0.137. The number of hydrogen-bond donors (Lipinski definition) is 0. The van der Waals surface area contributed by atoms with Gasteiger partial charge >= 0.3 is 17.7 Å². The van der Waals surface area contributed by atoms with Gasteiger partial charge in [0, 0.05) is 0 Å². The van der Waals surface area contributed by atoms with Crippen molar-refractivity contribution in [3.63, 3.8) is 0 Å². The predicted octanol–water partition coefficient (Wildman–Crippen LogP) is 1.46. The second-order valence-corrected chi connectivity index (χ2v) is 4.58. The molecular formula is C16H16N2O5. The van der Waals surface area contributed by atoms with Crippen LogP contribution >= 0.6 is 0 Å². The number of esters is 2. The predicted molar refractivity (Wildman–Crippen MR) is 80.1 cm³/mol. The van der Waals surface area contributed by atoms with Crippen molar-refractivity contribution in [3.05, 3.63) is 53.6 Å². The van der Waals surface area contributed by atoms with Crippen LogP contribution in [0.1, 0.15) is 33.6 Å². The molecule has 0 bridgehead atoms. The number of ether oxygens (including phenoxy) is 2. The smallest absolute Gasteiger partial charge is 0.383 e. The van der Waals surface area contributed by atoms with Gasteiger partial charge in [0.15, 0.2) is 5.82 Å². The van der Waals surface area contributed by atoms with Crippen LogP contribution in [-0.2, 0) is 20.8 Å². The molecule has 0 aliphatic heterocycles. The van der Waals surface area contributed by atoms with Crippen LogP contribution < -0.4 is 0 Å². The number of methoxy groups -OCH3 is 1. The van der Waals surface area contributed by atoms with Crippen molar-refractivity contribution in [1.82, 2.24) is 9.55 Å². The maximum absolute atomic E-state index is 12.2. The van der Waals surface area contributed by atoms with Crippen molar-refractivity contribution < 1.29 is 23.9 Å². The summed E-state index contributed by atoms with van der Waals surface area (Å²) in [7, 11) is 1.23. The molecule has 0 saturated heterocycles. The quantitative estimate of drug-likeness (QED) is 0.455. The second-order valence-electron chi connectivity index (χ2n) is 4.58. The third kappa shape index (κ3) is 3.63. The van der Waals surface area contributed by atoms with Crippen molar-refractivity contribution >= 4 is 17.7 Å². The monoisotopic (exact) mass is 316 g/mol. The van der Waals surface area contributed by atoms with E-state index in [1.165, 1.54) is 17.9 Å². The molecule has 0 aliphatic carbocycles. The molecule has 2 aromatic rings. The van der Waals surface area contributed by atoms with Gasteiger partial charge in [-0.2, -0.15) is 0 Å². The number of carbonyl (C=O) groups excluding carboxylic acids is 3. The van der Waals surface area contributed by atoms with Crippen molar-refractivity contribution in [1.29, 1.82) is 0 Å². The topological polar surface area (TPSA) is 87.5 Å². The Morgan fingerprint density at radius 1 is 1.17 bits per heavy atom. The molecule has 2 rings (SSSR count). The summed E-state index contributed by atoms with van der Waals surface area (Å²) in [5, 5.41) is 0. The van der Waals surface area contributed by atoms with Crippen LogP contribution in [0.25, 0.3) is 0 Å². The molecular weight excluding hydrogens is 300 g/mol. The Bertz CT molecular complexity index is 721. The molecule has 1 heterocycles. The molecule has 0 N–H and O–H groups in total. The summed E-state index contributed by atoms with van der Waals surface area (Å²) in [6, 6.07) is 9.18. The largest absolute Gasteiger partial charge is 0.464 e. The Hall–Kier alpha value is -2.96. The fourth-order valence-electron chi connectivity index (χ4n) is 2.04. The van der Waals surface area contributed by atoms with E-state index in [2.05, 4.69) is 9.72 Å². The first kappa shape index (κ1) is 16.4. The van der Waals surface area contributed by atoms with Crippen LogP contribution in [0.5, 0.6) is 0 Å². The Balaban J connectivity index is 2.43. The van der Waals surface area contributed by atoms with E-state index >= 15 is 0 Å². The molecule has 1 aromatic heterocycles. The summed E-state index contributed by atoms with van der Waals surface area (Å²) >= 11 is 0.